The van der Waals surface area contributed by atoms with Crippen LogP contribution in [0.3, 0.4) is 0 Å². The minimum atomic E-state index is 0.265. The van der Waals surface area contributed by atoms with E-state index in [4.69, 9.17) is 5.26 Å². The zero-order valence-electron chi connectivity index (χ0n) is 5.72. The number of nitriles is 1. The van der Waals surface area contributed by atoms with Gasteiger partial charge in [-0.1, -0.05) is 0 Å². The van der Waals surface area contributed by atoms with Crippen LogP contribution in [0.25, 0.3) is 0 Å². The smallest absolute Gasteiger partial charge is 0.0669 e. The predicted molar refractivity (Wildman–Crippen MR) is 35.8 cm³/mol. The van der Waals surface area contributed by atoms with Gasteiger partial charge in [-0.2, -0.15) is 5.26 Å². The van der Waals surface area contributed by atoms with E-state index in [1.807, 2.05) is 0 Å². The van der Waals surface area contributed by atoms with Crippen LogP contribution in [-0.4, -0.2) is 12.6 Å². The number of nitrogens with zero attached hydrogens (tertiary/aromatic N) is 1. The van der Waals surface area contributed by atoms with Gasteiger partial charge in [0.25, 0.3) is 0 Å². The third-order valence-electron chi connectivity index (χ3n) is 1.84. The van der Waals surface area contributed by atoms with Crippen molar-refractivity contribution in [1.29, 1.82) is 5.26 Å². The van der Waals surface area contributed by atoms with E-state index >= 15 is 0 Å². The van der Waals surface area contributed by atoms with Crippen molar-refractivity contribution in [3.8, 4) is 6.07 Å². The fraction of sp³-hybridized carbons (Fsp3) is 0.857. The summed E-state index contributed by atoms with van der Waals surface area (Å²) in [5, 5.41) is 11.7. The molecule has 0 aromatic heterocycles. The molecule has 2 atom stereocenters. The van der Waals surface area contributed by atoms with Crippen LogP contribution in [-0.2, 0) is 0 Å². The molecular formula is C7H12N2. The van der Waals surface area contributed by atoms with Crippen LogP contribution in [0.15, 0.2) is 0 Å². The Morgan fingerprint density at radius 3 is 2.78 bits per heavy atom. The van der Waals surface area contributed by atoms with Crippen LogP contribution in [0.1, 0.15) is 19.8 Å². The van der Waals surface area contributed by atoms with Gasteiger partial charge in [0, 0.05) is 12.6 Å². The van der Waals surface area contributed by atoms with Crippen LogP contribution >= 0.6 is 0 Å². The van der Waals surface area contributed by atoms with Crippen molar-refractivity contribution in [2.24, 2.45) is 5.92 Å². The molecule has 1 aliphatic heterocycles. The predicted octanol–water partition coefficient (Wildman–Crippen LogP) is 0.898. The van der Waals surface area contributed by atoms with Crippen molar-refractivity contribution in [2.45, 2.75) is 25.8 Å². The van der Waals surface area contributed by atoms with Crippen molar-refractivity contribution in [2.75, 3.05) is 6.54 Å². The summed E-state index contributed by atoms with van der Waals surface area (Å²) in [7, 11) is 0. The van der Waals surface area contributed by atoms with Crippen molar-refractivity contribution in [3.63, 3.8) is 0 Å². The zero-order chi connectivity index (χ0) is 6.69. The Kier molecular flexibility index (Phi) is 2.07. The van der Waals surface area contributed by atoms with Crippen molar-refractivity contribution >= 4 is 0 Å². The summed E-state index contributed by atoms with van der Waals surface area (Å²) in [6, 6.07) is 2.88. The molecule has 2 heteroatoms. The Balaban J connectivity index is 2.28. The molecule has 0 amide bonds. The normalized spacial score (nSPS) is 35.6. The summed E-state index contributed by atoms with van der Waals surface area (Å²) < 4.78 is 0. The average Bonchev–Trinajstić information content (AvgIpc) is 1.90. The number of hydrogen-bond acceptors (Lipinski definition) is 2. The van der Waals surface area contributed by atoms with Gasteiger partial charge in [-0.3, -0.25) is 0 Å². The first-order valence-corrected chi connectivity index (χ1v) is 3.46. The third-order valence-corrected chi connectivity index (χ3v) is 1.84. The Morgan fingerprint density at radius 2 is 2.33 bits per heavy atom. The van der Waals surface area contributed by atoms with E-state index in [2.05, 4.69) is 18.3 Å². The lowest BCUT2D eigenvalue weighted by molar-refractivity contribution is 0.372. The monoisotopic (exact) mass is 124 g/mol. The maximum absolute atomic E-state index is 8.49. The first-order valence-electron chi connectivity index (χ1n) is 3.46. The lowest BCUT2D eigenvalue weighted by atomic mass is 9.97. The molecule has 1 fully saturated rings. The lowest BCUT2D eigenvalue weighted by Crippen LogP contribution is -2.36. The average molecular weight is 124 g/mol. The maximum atomic E-state index is 8.49. The van der Waals surface area contributed by atoms with Gasteiger partial charge in [0.1, 0.15) is 0 Å². The van der Waals surface area contributed by atoms with Gasteiger partial charge in [-0.15, -0.1) is 0 Å². The third kappa shape index (κ3) is 1.69. The molecule has 2 nitrogen and oxygen atoms in total. The van der Waals surface area contributed by atoms with Crippen molar-refractivity contribution in [3.05, 3.63) is 0 Å². The molecule has 1 saturated heterocycles. The summed E-state index contributed by atoms with van der Waals surface area (Å²) in [6.45, 7) is 3.05. The molecule has 0 bridgehead atoms. The molecule has 0 aromatic carbocycles. The van der Waals surface area contributed by atoms with Crippen LogP contribution in [0.5, 0.6) is 0 Å². The molecule has 0 aliphatic carbocycles. The van der Waals surface area contributed by atoms with Crippen molar-refractivity contribution < 1.29 is 0 Å². The second-order valence-electron chi connectivity index (χ2n) is 2.71. The van der Waals surface area contributed by atoms with E-state index < -0.39 is 0 Å². The molecule has 0 spiro atoms. The van der Waals surface area contributed by atoms with Gasteiger partial charge in [-0.05, 0) is 19.8 Å². The standard InChI is InChI=1S/C7H12N2/c1-6-2-3-7(4-8)5-9-6/h6-7,9H,2-3,5H2,1H3. The van der Waals surface area contributed by atoms with Crippen LogP contribution in [0.2, 0.25) is 0 Å². The second-order valence-corrected chi connectivity index (χ2v) is 2.71. The van der Waals surface area contributed by atoms with Gasteiger partial charge in [0.15, 0.2) is 0 Å². The molecular weight excluding hydrogens is 112 g/mol. The van der Waals surface area contributed by atoms with E-state index in [9.17, 15) is 0 Å². The van der Waals surface area contributed by atoms with E-state index in [-0.39, 0.29) is 5.92 Å². The Hall–Kier alpha value is -0.550. The fourth-order valence-electron chi connectivity index (χ4n) is 1.11. The van der Waals surface area contributed by atoms with Crippen molar-refractivity contribution in [1.82, 2.24) is 5.32 Å². The topological polar surface area (TPSA) is 35.8 Å². The molecule has 2 unspecified atom stereocenters. The van der Waals surface area contributed by atoms with Gasteiger partial charge >= 0.3 is 0 Å². The molecule has 0 aromatic rings. The Bertz CT molecular complexity index is 117. The number of hydrogen-bond donors (Lipinski definition) is 1. The number of piperidine rings is 1. The quantitative estimate of drug-likeness (QED) is 0.520. The SMILES string of the molecule is CC1CCC(C#N)CN1. The van der Waals surface area contributed by atoms with Gasteiger partial charge in [0.05, 0.1) is 12.0 Å². The minimum absolute atomic E-state index is 0.265. The Labute approximate surface area is 55.9 Å². The molecule has 50 valence electrons. The molecule has 9 heavy (non-hydrogen) atoms. The highest BCUT2D eigenvalue weighted by molar-refractivity contribution is 4.88. The van der Waals surface area contributed by atoms with E-state index in [0.29, 0.717) is 6.04 Å². The molecule has 0 saturated carbocycles. The maximum Gasteiger partial charge on any atom is 0.0669 e. The molecule has 1 rings (SSSR count). The van der Waals surface area contributed by atoms with Gasteiger partial charge in [0.2, 0.25) is 0 Å². The second kappa shape index (κ2) is 2.84. The highest BCUT2D eigenvalue weighted by atomic mass is 14.9. The molecule has 1 N–H and O–H groups in total. The zero-order valence-corrected chi connectivity index (χ0v) is 5.72. The minimum Gasteiger partial charge on any atom is -0.313 e. The number of nitrogens with one attached hydrogen (secondary N) is 1. The first-order chi connectivity index (χ1) is 4.33. The van der Waals surface area contributed by atoms with E-state index in [1.54, 1.807) is 0 Å². The molecule has 1 heterocycles. The fourth-order valence-corrected chi connectivity index (χ4v) is 1.11. The largest absolute Gasteiger partial charge is 0.313 e. The van der Waals surface area contributed by atoms with Crippen LogP contribution in [0, 0.1) is 17.2 Å². The Morgan fingerprint density at radius 1 is 1.56 bits per heavy atom. The van der Waals surface area contributed by atoms with Gasteiger partial charge in [-0.25, -0.2) is 0 Å². The summed E-state index contributed by atoms with van der Waals surface area (Å²) in [6.07, 6.45) is 2.23. The van der Waals surface area contributed by atoms with E-state index in [1.165, 1.54) is 0 Å². The van der Waals surface area contributed by atoms with Crippen LogP contribution in [0.4, 0.5) is 0 Å². The highest BCUT2D eigenvalue weighted by Crippen LogP contribution is 2.11. The number of rotatable bonds is 0. The summed E-state index contributed by atoms with van der Waals surface area (Å²) in [4.78, 5) is 0. The first kappa shape index (κ1) is 6.57. The lowest BCUT2D eigenvalue weighted by Gasteiger charge is -2.22. The molecule has 1 aliphatic rings. The summed E-state index contributed by atoms with van der Waals surface area (Å²) >= 11 is 0. The summed E-state index contributed by atoms with van der Waals surface area (Å²) in [5.74, 6) is 0.265. The summed E-state index contributed by atoms with van der Waals surface area (Å²) in [5.41, 5.74) is 0. The van der Waals surface area contributed by atoms with Gasteiger partial charge < -0.3 is 5.32 Å². The van der Waals surface area contributed by atoms with Crippen LogP contribution < -0.4 is 5.32 Å². The highest BCUT2D eigenvalue weighted by Gasteiger charge is 2.15. The molecule has 0 radical (unpaired) electrons. The van der Waals surface area contributed by atoms with E-state index in [0.717, 1.165) is 19.4 Å².